The van der Waals surface area contributed by atoms with Crippen molar-refractivity contribution in [1.29, 1.82) is 0 Å². The summed E-state index contributed by atoms with van der Waals surface area (Å²) in [5.74, 6) is 0.511. The number of carbonyl (C=O) groups excluding carboxylic acids is 1. The molecule has 0 unspecified atom stereocenters. The molecule has 0 saturated carbocycles. The lowest BCUT2D eigenvalue weighted by Gasteiger charge is -2.31. The van der Waals surface area contributed by atoms with Crippen molar-refractivity contribution < 1.29 is 9.90 Å². The first-order chi connectivity index (χ1) is 10.7. The van der Waals surface area contributed by atoms with Crippen LogP contribution in [0.5, 0.6) is 5.75 Å². The number of nitrogens with zero attached hydrogens (tertiary/aromatic N) is 3. The molecule has 1 aliphatic rings. The third kappa shape index (κ3) is 3.16. The van der Waals surface area contributed by atoms with Crippen LogP contribution in [-0.4, -0.2) is 34.1 Å². The maximum Gasteiger partial charge on any atom is 0.229 e. The lowest BCUT2D eigenvalue weighted by atomic mass is 9.97. The van der Waals surface area contributed by atoms with E-state index < -0.39 is 0 Å². The minimum atomic E-state index is -0.142. The van der Waals surface area contributed by atoms with Crippen molar-refractivity contribution in [3.63, 3.8) is 0 Å². The number of phenols is 1. The monoisotopic (exact) mass is 298 g/mol. The van der Waals surface area contributed by atoms with Gasteiger partial charge in [-0.1, -0.05) is 12.1 Å². The highest BCUT2D eigenvalue weighted by Gasteiger charge is 2.27. The van der Waals surface area contributed by atoms with Crippen molar-refractivity contribution >= 4 is 17.5 Å². The van der Waals surface area contributed by atoms with Crippen molar-refractivity contribution in [3.05, 3.63) is 42.7 Å². The summed E-state index contributed by atoms with van der Waals surface area (Å²) in [7, 11) is 0. The summed E-state index contributed by atoms with van der Waals surface area (Å²) in [5.41, 5.74) is 0.445. The van der Waals surface area contributed by atoms with Gasteiger partial charge in [-0.15, -0.1) is 0 Å². The quantitative estimate of drug-likeness (QED) is 0.848. The van der Waals surface area contributed by atoms with E-state index in [1.54, 1.807) is 42.7 Å². The maximum absolute atomic E-state index is 12.4. The summed E-state index contributed by atoms with van der Waals surface area (Å²) in [6.45, 7) is 1.44. The highest BCUT2D eigenvalue weighted by atomic mass is 16.3. The fraction of sp³-hybridized carbons (Fsp3) is 0.312. The summed E-state index contributed by atoms with van der Waals surface area (Å²) in [6, 6.07) is 8.52. The first-order valence-electron chi connectivity index (χ1n) is 7.35. The fourth-order valence-corrected chi connectivity index (χ4v) is 2.64. The number of rotatable bonds is 3. The number of nitrogens with one attached hydrogen (secondary N) is 1. The number of hydrogen-bond acceptors (Lipinski definition) is 5. The van der Waals surface area contributed by atoms with Gasteiger partial charge in [-0.2, -0.15) is 0 Å². The molecule has 22 heavy (non-hydrogen) atoms. The highest BCUT2D eigenvalue weighted by molar-refractivity contribution is 5.94. The predicted molar refractivity (Wildman–Crippen MR) is 83.7 cm³/mol. The topological polar surface area (TPSA) is 78.4 Å². The Labute approximate surface area is 128 Å². The van der Waals surface area contributed by atoms with E-state index >= 15 is 0 Å². The molecule has 1 fully saturated rings. The van der Waals surface area contributed by atoms with E-state index in [1.807, 2.05) is 4.90 Å². The maximum atomic E-state index is 12.4. The standard InChI is InChI=1S/C16H18N4O2/c21-14-7-2-1-6-13(14)19-15(22)12-5-3-10-20(11-12)16-17-8-4-9-18-16/h1-2,4,6-9,12,21H,3,5,10-11H2,(H,19,22)/t12-/m0/s1. The lowest BCUT2D eigenvalue weighted by Crippen LogP contribution is -2.41. The Kier molecular flexibility index (Phi) is 4.18. The van der Waals surface area contributed by atoms with Gasteiger partial charge in [0.15, 0.2) is 0 Å². The van der Waals surface area contributed by atoms with Crippen LogP contribution in [0.25, 0.3) is 0 Å². The molecule has 2 N–H and O–H groups in total. The van der Waals surface area contributed by atoms with Crippen molar-refractivity contribution in [2.24, 2.45) is 5.92 Å². The van der Waals surface area contributed by atoms with E-state index in [2.05, 4.69) is 15.3 Å². The van der Waals surface area contributed by atoms with Gasteiger partial charge >= 0.3 is 0 Å². The third-order valence-corrected chi connectivity index (χ3v) is 3.79. The number of aromatic hydroxyl groups is 1. The van der Waals surface area contributed by atoms with E-state index in [0.29, 0.717) is 18.2 Å². The number of para-hydroxylation sites is 2. The van der Waals surface area contributed by atoms with Gasteiger partial charge in [0, 0.05) is 25.5 Å². The number of aromatic nitrogens is 2. The predicted octanol–water partition coefficient (Wildman–Crippen LogP) is 2.04. The van der Waals surface area contributed by atoms with Crippen LogP contribution in [0.1, 0.15) is 12.8 Å². The number of amides is 1. The van der Waals surface area contributed by atoms with Gasteiger partial charge in [-0.25, -0.2) is 9.97 Å². The molecule has 0 bridgehead atoms. The summed E-state index contributed by atoms with van der Waals surface area (Å²) in [6.07, 6.45) is 5.14. The number of anilines is 2. The second-order valence-electron chi connectivity index (χ2n) is 5.34. The number of carbonyl (C=O) groups is 1. The van der Waals surface area contributed by atoms with Crippen LogP contribution in [0, 0.1) is 5.92 Å². The molecule has 114 valence electrons. The Morgan fingerprint density at radius 2 is 2.00 bits per heavy atom. The zero-order chi connectivity index (χ0) is 15.4. The normalized spacial score (nSPS) is 18.0. The van der Waals surface area contributed by atoms with Gasteiger partial charge in [0.1, 0.15) is 5.75 Å². The van der Waals surface area contributed by atoms with Crippen LogP contribution in [0.15, 0.2) is 42.7 Å². The van der Waals surface area contributed by atoms with Gasteiger partial charge in [0.25, 0.3) is 0 Å². The molecule has 1 saturated heterocycles. The SMILES string of the molecule is O=C(Nc1ccccc1O)[C@H]1CCCN(c2ncccn2)C1. The number of hydrogen-bond donors (Lipinski definition) is 2. The second kappa shape index (κ2) is 6.43. The summed E-state index contributed by atoms with van der Waals surface area (Å²) < 4.78 is 0. The number of piperidine rings is 1. The first kappa shape index (κ1) is 14.3. The van der Waals surface area contributed by atoms with Crippen LogP contribution < -0.4 is 10.2 Å². The number of phenolic OH excluding ortho intramolecular Hbond substituents is 1. The van der Waals surface area contributed by atoms with Crippen LogP contribution in [0.4, 0.5) is 11.6 Å². The Morgan fingerprint density at radius 3 is 2.77 bits per heavy atom. The lowest BCUT2D eigenvalue weighted by molar-refractivity contribution is -0.120. The molecule has 2 heterocycles. The summed E-state index contributed by atoms with van der Waals surface area (Å²) in [4.78, 5) is 22.9. The van der Waals surface area contributed by atoms with Gasteiger partial charge in [-0.05, 0) is 31.0 Å². The molecule has 1 aliphatic heterocycles. The average Bonchev–Trinajstić information content (AvgIpc) is 2.58. The molecule has 1 atom stereocenters. The Hall–Kier alpha value is -2.63. The molecule has 0 radical (unpaired) electrons. The molecule has 3 rings (SSSR count). The third-order valence-electron chi connectivity index (χ3n) is 3.79. The van der Waals surface area contributed by atoms with Gasteiger partial charge in [-0.3, -0.25) is 4.79 Å². The minimum absolute atomic E-state index is 0.0786. The van der Waals surface area contributed by atoms with Gasteiger partial charge in [0.2, 0.25) is 11.9 Å². The Balaban J connectivity index is 1.67. The molecule has 0 aliphatic carbocycles. The Morgan fingerprint density at radius 1 is 1.23 bits per heavy atom. The van der Waals surface area contributed by atoms with E-state index in [1.165, 1.54) is 0 Å². The average molecular weight is 298 g/mol. The molecule has 0 spiro atoms. The van der Waals surface area contributed by atoms with Crippen LogP contribution in [0.2, 0.25) is 0 Å². The van der Waals surface area contributed by atoms with E-state index in [-0.39, 0.29) is 17.6 Å². The number of benzene rings is 1. The van der Waals surface area contributed by atoms with Gasteiger partial charge < -0.3 is 15.3 Å². The first-order valence-corrected chi connectivity index (χ1v) is 7.35. The molecule has 1 amide bonds. The van der Waals surface area contributed by atoms with Crippen molar-refractivity contribution in [1.82, 2.24) is 9.97 Å². The fourth-order valence-electron chi connectivity index (χ4n) is 2.64. The molecule has 6 nitrogen and oxygen atoms in total. The van der Waals surface area contributed by atoms with E-state index in [0.717, 1.165) is 19.4 Å². The zero-order valence-corrected chi connectivity index (χ0v) is 12.1. The highest BCUT2D eigenvalue weighted by Crippen LogP contribution is 2.25. The molecule has 1 aromatic heterocycles. The van der Waals surface area contributed by atoms with Crippen LogP contribution in [0.3, 0.4) is 0 Å². The second-order valence-corrected chi connectivity index (χ2v) is 5.34. The molecule has 2 aromatic rings. The molecule has 6 heteroatoms. The van der Waals surface area contributed by atoms with Gasteiger partial charge in [0.05, 0.1) is 11.6 Å². The summed E-state index contributed by atoms with van der Waals surface area (Å²) >= 11 is 0. The van der Waals surface area contributed by atoms with Crippen molar-refractivity contribution in [2.75, 3.05) is 23.3 Å². The molecular formula is C16H18N4O2. The molecule has 1 aromatic carbocycles. The molecular weight excluding hydrogens is 280 g/mol. The van der Waals surface area contributed by atoms with Crippen molar-refractivity contribution in [3.8, 4) is 5.75 Å². The Bertz CT molecular complexity index is 648. The van der Waals surface area contributed by atoms with Crippen LogP contribution >= 0.6 is 0 Å². The smallest absolute Gasteiger partial charge is 0.229 e. The summed E-state index contributed by atoms with van der Waals surface area (Å²) in [5, 5.41) is 12.5. The van der Waals surface area contributed by atoms with Crippen LogP contribution in [-0.2, 0) is 4.79 Å². The van der Waals surface area contributed by atoms with Crippen molar-refractivity contribution in [2.45, 2.75) is 12.8 Å². The zero-order valence-electron chi connectivity index (χ0n) is 12.1. The minimum Gasteiger partial charge on any atom is -0.506 e. The van der Waals surface area contributed by atoms with E-state index in [4.69, 9.17) is 0 Å². The largest absolute Gasteiger partial charge is 0.506 e. The van der Waals surface area contributed by atoms with E-state index in [9.17, 15) is 9.90 Å².